The molecule has 1 atom stereocenters. The molecule has 0 bridgehead atoms. The first-order chi connectivity index (χ1) is 15.7. The number of carbonyl (C=O) groups excluding carboxylic acids is 1. The second-order valence-corrected chi connectivity index (χ2v) is 9.20. The summed E-state index contributed by atoms with van der Waals surface area (Å²) in [7, 11) is 0. The van der Waals surface area contributed by atoms with Crippen LogP contribution in [0.15, 0.2) is 48.5 Å². The minimum absolute atomic E-state index is 0.144. The van der Waals surface area contributed by atoms with E-state index in [4.69, 9.17) is 4.98 Å². The number of aromatic nitrogens is 2. The van der Waals surface area contributed by atoms with E-state index >= 15 is 0 Å². The molecule has 0 aliphatic carbocycles. The number of aryl methyl sites for hydroxylation is 2. The number of nitrogens with zero attached hydrogens (tertiary/aromatic N) is 3. The summed E-state index contributed by atoms with van der Waals surface area (Å²) in [5.41, 5.74) is 4.61. The van der Waals surface area contributed by atoms with Crippen LogP contribution in [0.3, 0.4) is 0 Å². The zero-order chi connectivity index (χ0) is 22.3. The standard InChI is InChI=1S/C28H37N3O/c1-3-5-7-8-11-19-30-26-14-10-9-13-25(26)29-28(30)23-20-27(32)31(21-23)24-17-15-22(16-18-24)12-6-4-2/h9-10,13-18,23H,3-8,11-12,19-21H2,1-2H3. The summed E-state index contributed by atoms with van der Waals surface area (Å²) < 4.78 is 2.39. The van der Waals surface area contributed by atoms with Gasteiger partial charge in [-0.2, -0.15) is 0 Å². The van der Waals surface area contributed by atoms with Gasteiger partial charge in [0.1, 0.15) is 5.82 Å². The molecule has 0 radical (unpaired) electrons. The highest BCUT2D eigenvalue weighted by Gasteiger charge is 2.34. The molecule has 1 amide bonds. The van der Waals surface area contributed by atoms with E-state index in [-0.39, 0.29) is 11.8 Å². The van der Waals surface area contributed by atoms with Crippen molar-refractivity contribution < 1.29 is 4.79 Å². The Kier molecular flexibility index (Phi) is 7.62. The van der Waals surface area contributed by atoms with Crippen molar-refractivity contribution in [2.75, 3.05) is 11.4 Å². The van der Waals surface area contributed by atoms with Gasteiger partial charge >= 0.3 is 0 Å². The molecule has 32 heavy (non-hydrogen) atoms. The molecule has 170 valence electrons. The monoisotopic (exact) mass is 431 g/mol. The summed E-state index contributed by atoms with van der Waals surface area (Å²) in [5.74, 6) is 1.43. The normalized spacial score (nSPS) is 16.4. The van der Waals surface area contributed by atoms with Crippen LogP contribution in [0, 0.1) is 0 Å². The Hall–Kier alpha value is -2.62. The molecule has 2 heterocycles. The number of amides is 1. The molecule has 1 unspecified atom stereocenters. The number of hydrogen-bond acceptors (Lipinski definition) is 2. The number of rotatable bonds is 11. The third-order valence-electron chi connectivity index (χ3n) is 6.73. The van der Waals surface area contributed by atoms with Crippen LogP contribution in [0.4, 0.5) is 5.69 Å². The molecular formula is C28H37N3O. The molecule has 0 saturated carbocycles. The van der Waals surface area contributed by atoms with Gasteiger partial charge in [-0.3, -0.25) is 4.79 Å². The van der Waals surface area contributed by atoms with Crippen molar-refractivity contribution in [1.82, 2.24) is 9.55 Å². The van der Waals surface area contributed by atoms with Crippen molar-refractivity contribution in [3.05, 3.63) is 59.9 Å². The minimum Gasteiger partial charge on any atom is -0.328 e. The van der Waals surface area contributed by atoms with Gasteiger partial charge in [-0.1, -0.05) is 70.2 Å². The van der Waals surface area contributed by atoms with E-state index in [1.54, 1.807) is 0 Å². The minimum atomic E-state index is 0.144. The fourth-order valence-electron chi connectivity index (χ4n) is 4.87. The van der Waals surface area contributed by atoms with Gasteiger partial charge in [-0.25, -0.2) is 4.98 Å². The van der Waals surface area contributed by atoms with Crippen LogP contribution in [0.1, 0.15) is 82.5 Å². The molecule has 0 N–H and O–H groups in total. The van der Waals surface area contributed by atoms with Crippen LogP contribution < -0.4 is 4.90 Å². The van der Waals surface area contributed by atoms with Crippen molar-refractivity contribution in [3.63, 3.8) is 0 Å². The first-order valence-corrected chi connectivity index (χ1v) is 12.6. The number of hydrogen-bond donors (Lipinski definition) is 0. The van der Waals surface area contributed by atoms with Crippen LogP contribution in [-0.2, 0) is 17.8 Å². The summed E-state index contributed by atoms with van der Waals surface area (Å²) in [6.45, 7) is 6.17. The summed E-state index contributed by atoms with van der Waals surface area (Å²) >= 11 is 0. The lowest BCUT2D eigenvalue weighted by Gasteiger charge is -2.18. The largest absolute Gasteiger partial charge is 0.328 e. The fourth-order valence-corrected chi connectivity index (χ4v) is 4.87. The Morgan fingerprint density at radius 3 is 2.44 bits per heavy atom. The molecular weight excluding hydrogens is 394 g/mol. The molecule has 4 rings (SSSR count). The molecule has 1 aromatic heterocycles. The first kappa shape index (κ1) is 22.6. The van der Waals surface area contributed by atoms with Gasteiger partial charge in [0.25, 0.3) is 0 Å². The SMILES string of the molecule is CCCCCCCn1c(C2CC(=O)N(c3ccc(CCCC)cc3)C2)nc2ccccc21. The Bertz CT molecular complexity index is 1020. The Morgan fingerprint density at radius 2 is 1.66 bits per heavy atom. The van der Waals surface area contributed by atoms with Gasteiger partial charge in [0.05, 0.1) is 11.0 Å². The first-order valence-electron chi connectivity index (χ1n) is 12.6. The highest BCUT2D eigenvalue weighted by atomic mass is 16.2. The summed E-state index contributed by atoms with van der Waals surface area (Å²) in [6, 6.07) is 17.0. The van der Waals surface area contributed by atoms with Crippen molar-refractivity contribution in [2.24, 2.45) is 0 Å². The zero-order valence-corrected chi connectivity index (χ0v) is 19.7. The van der Waals surface area contributed by atoms with Crippen LogP contribution in [0.2, 0.25) is 0 Å². The summed E-state index contributed by atoms with van der Waals surface area (Å²) in [4.78, 5) is 19.9. The van der Waals surface area contributed by atoms with E-state index in [0.29, 0.717) is 13.0 Å². The molecule has 0 spiro atoms. The van der Waals surface area contributed by atoms with Gasteiger partial charge in [-0.15, -0.1) is 0 Å². The topological polar surface area (TPSA) is 38.1 Å². The maximum Gasteiger partial charge on any atom is 0.227 e. The lowest BCUT2D eigenvalue weighted by atomic mass is 10.1. The number of benzene rings is 2. The van der Waals surface area contributed by atoms with Gasteiger partial charge in [0, 0.05) is 31.1 Å². The van der Waals surface area contributed by atoms with Crippen molar-refractivity contribution in [2.45, 2.75) is 84.1 Å². The number of anilines is 1. The second-order valence-electron chi connectivity index (χ2n) is 9.20. The molecule has 1 aliphatic rings. The Labute approximate surface area is 192 Å². The maximum absolute atomic E-state index is 13.0. The lowest BCUT2D eigenvalue weighted by Crippen LogP contribution is -2.24. The maximum atomic E-state index is 13.0. The average molecular weight is 432 g/mol. The van der Waals surface area contributed by atoms with Gasteiger partial charge in [-0.05, 0) is 49.1 Å². The summed E-state index contributed by atoms with van der Waals surface area (Å²) in [5, 5.41) is 0. The predicted octanol–water partition coefficient (Wildman–Crippen LogP) is 6.87. The van der Waals surface area contributed by atoms with E-state index in [0.717, 1.165) is 36.4 Å². The number of para-hydroxylation sites is 2. The predicted molar refractivity (Wildman–Crippen MR) is 133 cm³/mol. The van der Waals surface area contributed by atoms with Crippen LogP contribution in [-0.4, -0.2) is 22.0 Å². The zero-order valence-electron chi connectivity index (χ0n) is 19.7. The van der Waals surface area contributed by atoms with Crippen LogP contribution in [0.25, 0.3) is 11.0 Å². The van der Waals surface area contributed by atoms with Gasteiger partial charge < -0.3 is 9.47 Å². The van der Waals surface area contributed by atoms with E-state index < -0.39 is 0 Å². The molecule has 3 aromatic rings. The molecule has 1 fully saturated rings. The third kappa shape index (κ3) is 5.06. The number of imidazole rings is 1. The number of carbonyl (C=O) groups is 1. The molecule has 1 aliphatic heterocycles. The van der Waals surface area contributed by atoms with E-state index in [2.05, 4.69) is 66.9 Å². The van der Waals surface area contributed by atoms with Crippen molar-refractivity contribution in [3.8, 4) is 0 Å². The average Bonchev–Trinajstić information content (AvgIpc) is 3.38. The quantitative estimate of drug-likeness (QED) is 0.311. The fraction of sp³-hybridized carbons (Fsp3) is 0.500. The molecule has 4 heteroatoms. The van der Waals surface area contributed by atoms with Gasteiger partial charge in [0.2, 0.25) is 5.91 Å². The van der Waals surface area contributed by atoms with E-state index in [1.807, 2.05) is 4.90 Å². The Morgan fingerprint density at radius 1 is 0.906 bits per heavy atom. The van der Waals surface area contributed by atoms with Gasteiger partial charge in [0.15, 0.2) is 0 Å². The van der Waals surface area contributed by atoms with Crippen molar-refractivity contribution >= 4 is 22.6 Å². The highest BCUT2D eigenvalue weighted by molar-refractivity contribution is 5.96. The molecule has 4 nitrogen and oxygen atoms in total. The highest BCUT2D eigenvalue weighted by Crippen LogP contribution is 2.33. The van der Waals surface area contributed by atoms with Crippen molar-refractivity contribution in [1.29, 1.82) is 0 Å². The number of unbranched alkanes of at least 4 members (excludes halogenated alkanes) is 5. The number of fused-ring (bicyclic) bond motifs is 1. The molecule has 1 saturated heterocycles. The summed E-state index contributed by atoms with van der Waals surface area (Å²) in [6.07, 6.45) is 10.3. The van der Waals surface area contributed by atoms with Crippen LogP contribution >= 0.6 is 0 Å². The lowest BCUT2D eigenvalue weighted by molar-refractivity contribution is -0.117. The Balaban J connectivity index is 1.51. The molecule has 2 aromatic carbocycles. The van der Waals surface area contributed by atoms with E-state index in [1.165, 1.54) is 49.6 Å². The third-order valence-corrected chi connectivity index (χ3v) is 6.73. The van der Waals surface area contributed by atoms with Crippen LogP contribution in [0.5, 0.6) is 0 Å². The van der Waals surface area contributed by atoms with E-state index in [9.17, 15) is 4.79 Å². The smallest absolute Gasteiger partial charge is 0.227 e. The second kappa shape index (κ2) is 10.8.